The Kier molecular flexibility index (Phi) is 2.68. The molecule has 2 aliphatic rings. The van der Waals surface area contributed by atoms with Crippen LogP contribution in [0.1, 0.15) is 6.42 Å². The van der Waals surface area contributed by atoms with Crippen molar-refractivity contribution in [1.82, 2.24) is 0 Å². The van der Waals surface area contributed by atoms with Crippen molar-refractivity contribution in [3.05, 3.63) is 30.4 Å². The molecule has 3 rings (SSSR count). The average molecular weight is 246 g/mol. The molecule has 0 aromatic heterocycles. The molecule has 1 aliphatic carbocycles. The predicted octanol–water partition coefficient (Wildman–Crippen LogP) is 1.26. The van der Waals surface area contributed by atoms with Gasteiger partial charge >= 0.3 is 0 Å². The van der Waals surface area contributed by atoms with Gasteiger partial charge in [-0.2, -0.15) is 0 Å². The van der Waals surface area contributed by atoms with Crippen LogP contribution in [0.15, 0.2) is 30.4 Å². The first kappa shape index (κ1) is 11.1. The largest absolute Gasteiger partial charge is 0.454 e. The molecule has 1 heterocycles. The summed E-state index contributed by atoms with van der Waals surface area (Å²) in [7, 11) is 0. The van der Waals surface area contributed by atoms with E-state index in [2.05, 4.69) is 5.32 Å². The van der Waals surface area contributed by atoms with Gasteiger partial charge in [-0.05, 0) is 18.6 Å². The minimum absolute atomic E-state index is 0.0162. The minimum Gasteiger partial charge on any atom is -0.454 e. The zero-order chi connectivity index (χ0) is 12.5. The van der Waals surface area contributed by atoms with Gasteiger partial charge in [0.15, 0.2) is 11.5 Å². The lowest BCUT2D eigenvalue weighted by molar-refractivity contribution is -0.118. The molecule has 0 bridgehead atoms. The number of benzene rings is 1. The molecule has 1 aliphatic heterocycles. The van der Waals surface area contributed by atoms with E-state index in [9.17, 15) is 4.79 Å². The van der Waals surface area contributed by atoms with E-state index in [-0.39, 0.29) is 24.7 Å². The van der Waals surface area contributed by atoms with Crippen LogP contribution in [-0.2, 0) is 4.79 Å². The number of carbonyl (C=O) groups is 1. The van der Waals surface area contributed by atoms with E-state index < -0.39 is 0 Å². The second kappa shape index (κ2) is 4.34. The van der Waals surface area contributed by atoms with Crippen molar-refractivity contribution in [3.8, 4) is 11.5 Å². The lowest BCUT2D eigenvalue weighted by Crippen LogP contribution is -2.23. The van der Waals surface area contributed by atoms with Gasteiger partial charge in [-0.25, -0.2) is 0 Å². The second-order valence-electron chi connectivity index (χ2n) is 4.45. The molecule has 5 heteroatoms. The van der Waals surface area contributed by atoms with Crippen LogP contribution in [0.2, 0.25) is 0 Å². The van der Waals surface area contributed by atoms with E-state index >= 15 is 0 Å². The van der Waals surface area contributed by atoms with Crippen molar-refractivity contribution in [2.24, 2.45) is 11.7 Å². The van der Waals surface area contributed by atoms with Gasteiger partial charge in [0, 0.05) is 17.8 Å². The SMILES string of the molecule is NC1C=CC(C(=O)Nc2ccc3c(c2)OCO3)C1. The summed E-state index contributed by atoms with van der Waals surface area (Å²) in [6.07, 6.45) is 4.38. The Balaban J connectivity index is 1.69. The van der Waals surface area contributed by atoms with Gasteiger partial charge in [0.25, 0.3) is 0 Å². The number of hydrogen-bond donors (Lipinski definition) is 2. The summed E-state index contributed by atoms with van der Waals surface area (Å²) in [4.78, 5) is 12.0. The first-order valence-electron chi connectivity index (χ1n) is 5.87. The lowest BCUT2D eigenvalue weighted by atomic mass is 10.1. The Hall–Kier alpha value is -2.01. The molecule has 2 atom stereocenters. The Labute approximate surface area is 105 Å². The van der Waals surface area contributed by atoms with Gasteiger partial charge in [-0.3, -0.25) is 4.79 Å². The number of carbonyl (C=O) groups excluding carboxylic acids is 1. The van der Waals surface area contributed by atoms with E-state index in [1.54, 1.807) is 18.2 Å². The minimum atomic E-state index is -0.148. The van der Waals surface area contributed by atoms with Crippen molar-refractivity contribution in [3.63, 3.8) is 0 Å². The molecule has 5 nitrogen and oxygen atoms in total. The molecule has 18 heavy (non-hydrogen) atoms. The van der Waals surface area contributed by atoms with Crippen molar-refractivity contribution in [2.45, 2.75) is 12.5 Å². The molecular weight excluding hydrogens is 232 g/mol. The summed E-state index contributed by atoms with van der Waals surface area (Å²) in [6, 6.07) is 5.33. The number of amides is 1. The summed E-state index contributed by atoms with van der Waals surface area (Å²) in [5, 5.41) is 2.85. The van der Waals surface area contributed by atoms with E-state index in [0.717, 1.165) is 0 Å². The fourth-order valence-electron chi connectivity index (χ4n) is 2.13. The molecule has 1 amide bonds. The fourth-order valence-corrected chi connectivity index (χ4v) is 2.13. The monoisotopic (exact) mass is 246 g/mol. The normalized spacial score (nSPS) is 24.3. The number of nitrogens with two attached hydrogens (primary N) is 1. The molecule has 2 unspecified atom stereocenters. The van der Waals surface area contributed by atoms with Crippen molar-refractivity contribution >= 4 is 11.6 Å². The molecule has 3 N–H and O–H groups in total. The Morgan fingerprint density at radius 2 is 2.11 bits per heavy atom. The Morgan fingerprint density at radius 3 is 2.89 bits per heavy atom. The number of nitrogens with one attached hydrogen (secondary N) is 1. The van der Waals surface area contributed by atoms with Crippen molar-refractivity contribution in [1.29, 1.82) is 0 Å². The van der Waals surface area contributed by atoms with Crippen LogP contribution in [-0.4, -0.2) is 18.7 Å². The van der Waals surface area contributed by atoms with E-state index in [1.807, 2.05) is 12.2 Å². The van der Waals surface area contributed by atoms with Gasteiger partial charge in [-0.15, -0.1) is 0 Å². The molecule has 0 spiro atoms. The van der Waals surface area contributed by atoms with Crippen LogP contribution in [0.5, 0.6) is 11.5 Å². The smallest absolute Gasteiger partial charge is 0.231 e. The summed E-state index contributed by atoms with van der Waals surface area (Å²) in [6.45, 7) is 0.229. The van der Waals surface area contributed by atoms with E-state index in [4.69, 9.17) is 15.2 Å². The second-order valence-corrected chi connectivity index (χ2v) is 4.45. The van der Waals surface area contributed by atoms with Crippen LogP contribution in [0.3, 0.4) is 0 Å². The van der Waals surface area contributed by atoms with Crippen LogP contribution in [0.4, 0.5) is 5.69 Å². The Bertz CT molecular complexity index is 513. The highest BCUT2D eigenvalue weighted by molar-refractivity contribution is 5.94. The lowest BCUT2D eigenvalue weighted by Gasteiger charge is -2.10. The Morgan fingerprint density at radius 1 is 1.28 bits per heavy atom. The molecule has 0 saturated carbocycles. The number of hydrogen-bond acceptors (Lipinski definition) is 4. The third-order valence-electron chi connectivity index (χ3n) is 3.09. The molecule has 94 valence electrons. The molecule has 0 saturated heterocycles. The molecule has 0 fully saturated rings. The highest BCUT2D eigenvalue weighted by Crippen LogP contribution is 2.34. The zero-order valence-corrected chi connectivity index (χ0v) is 9.76. The summed E-state index contributed by atoms with van der Waals surface area (Å²) < 4.78 is 10.5. The van der Waals surface area contributed by atoms with Crippen LogP contribution in [0, 0.1) is 5.92 Å². The number of anilines is 1. The standard InChI is InChI=1S/C13H14N2O3/c14-9-2-1-8(5-9)13(16)15-10-3-4-11-12(6-10)18-7-17-11/h1-4,6,8-9H,5,7,14H2,(H,15,16). The van der Waals surface area contributed by atoms with Gasteiger partial charge in [0.05, 0.1) is 5.92 Å². The maximum absolute atomic E-state index is 12.0. The van der Waals surface area contributed by atoms with Crippen LogP contribution >= 0.6 is 0 Å². The highest BCUT2D eigenvalue weighted by Gasteiger charge is 2.23. The van der Waals surface area contributed by atoms with Crippen molar-refractivity contribution in [2.75, 3.05) is 12.1 Å². The quantitative estimate of drug-likeness (QED) is 0.770. The maximum atomic E-state index is 12.0. The summed E-state index contributed by atoms with van der Waals surface area (Å²) in [5.41, 5.74) is 6.43. The average Bonchev–Trinajstić information content (AvgIpc) is 2.96. The first-order chi connectivity index (χ1) is 8.72. The maximum Gasteiger partial charge on any atom is 0.231 e. The van der Waals surface area contributed by atoms with Crippen LogP contribution < -0.4 is 20.5 Å². The van der Waals surface area contributed by atoms with Gasteiger partial charge in [0.1, 0.15) is 0 Å². The first-order valence-corrected chi connectivity index (χ1v) is 5.87. The van der Waals surface area contributed by atoms with Gasteiger partial charge in [-0.1, -0.05) is 12.2 Å². The van der Waals surface area contributed by atoms with E-state index in [0.29, 0.717) is 23.6 Å². The topological polar surface area (TPSA) is 73.6 Å². The van der Waals surface area contributed by atoms with Crippen molar-refractivity contribution < 1.29 is 14.3 Å². The number of ether oxygens (including phenoxy) is 2. The highest BCUT2D eigenvalue weighted by atomic mass is 16.7. The molecular formula is C13H14N2O3. The van der Waals surface area contributed by atoms with Gasteiger partial charge in [0.2, 0.25) is 12.7 Å². The third-order valence-corrected chi connectivity index (χ3v) is 3.09. The fraction of sp³-hybridized carbons (Fsp3) is 0.308. The third kappa shape index (κ3) is 2.04. The van der Waals surface area contributed by atoms with Crippen LogP contribution in [0.25, 0.3) is 0 Å². The van der Waals surface area contributed by atoms with E-state index in [1.165, 1.54) is 0 Å². The number of rotatable bonds is 2. The molecule has 1 aromatic carbocycles. The molecule has 0 radical (unpaired) electrons. The summed E-state index contributed by atoms with van der Waals surface area (Å²) in [5.74, 6) is 1.17. The zero-order valence-electron chi connectivity index (χ0n) is 9.76. The summed E-state index contributed by atoms with van der Waals surface area (Å²) >= 11 is 0. The van der Waals surface area contributed by atoms with Gasteiger partial charge < -0.3 is 20.5 Å². The molecule has 1 aromatic rings. The number of fused-ring (bicyclic) bond motifs is 1. The predicted molar refractivity (Wildman–Crippen MR) is 66.4 cm³/mol.